The van der Waals surface area contributed by atoms with Crippen molar-refractivity contribution in [2.24, 2.45) is 5.84 Å². The topological polar surface area (TPSA) is 96.1 Å². The summed E-state index contributed by atoms with van der Waals surface area (Å²) < 4.78 is 0. The van der Waals surface area contributed by atoms with Gasteiger partial charge in [-0.2, -0.15) is 0 Å². The summed E-state index contributed by atoms with van der Waals surface area (Å²) in [7, 11) is 0. The van der Waals surface area contributed by atoms with Gasteiger partial charge in [-0.05, 0) is 19.3 Å². The second-order valence-electron chi connectivity index (χ2n) is 3.82. The zero-order chi connectivity index (χ0) is 12.7. The van der Waals surface area contributed by atoms with Crippen LogP contribution in [0, 0.1) is 0 Å². The average molecular weight is 239 g/mol. The maximum atomic E-state index is 9.46. The number of aromatic nitrogens is 2. The number of nitrogen functional groups attached to an aromatic ring is 1. The van der Waals surface area contributed by atoms with Crippen molar-refractivity contribution in [1.82, 2.24) is 9.97 Å². The molecular formula is C11H21N5O. The van der Waals surface area contributed by atoms with Gasteiger partial charge in [-0.25, -0.2) is 15.8 Å². The van der Waals surface area contributed by atoms with Gasteiger partial charge in [0, 0.05) is 12.1 Å². The highest BCUT2D eigenvalue weighted by atomic mass is 16.3. The molecule has 1 rings (SSSR count). The molecule has 5 N–H and O–H groups in total. The predicted molar refractivity (Wildman–Crippen MR) is 68.6 cm³/mol. The fourth-order valence-electron chi connectivity index (χ4n) is 1.59. The van der Waals surface area contributed by atoms with E-state index in [2.05, 4.69) is 20.7 Å². The minimum Gasteiger partial charge on any atom is -0.393 e. The van der Waals surface area contributed by atoms with E-state index >= 15 is 0 Å². The molecule has 1 unspecified atom stereocenters. The number of rotatable bonds is 7. The van der Waals surface area contributed by atoms with E-state index in [0.717, 1.165) is 24.2 Å². The van der Waals surface area contributed by atoms with E-state index < -0.39 is 0 Å². The minimum absolute atomic E-state index is 0.262. The third-order valence-corrected chi connectivity index (χ3v) is 2.68. The predicted octanol–water partition coefficient (Wildman–Crippen LogP) is 0.897. The molecule has 0 spiro atoms. The molecule has 0 bridgehead atoms. The standard InChI is InChI=1S/C11H21N5O/c1-3-8(17)5-6-13-10-9(4-2)11(16-12)15-7-14-10/h7-8,17H,3-6,12H2,1-2H3,(H2,13,14,15,16). The van der Waals surface area contributed by atoms with Crippen LogP contribution in [0.5, 0.6) is 0 Å². The Bertz CT molecular complexity index is 345. The van der Waals surface area contributed by atoms with Crippen LogP contribution in [0.15, 0.2) is 6.33 Å². The summed E-state index contributed by atoms with van der Waals surface area (Å²) in [6.45, 7) is 4.66. The number of aliphatic hydroxyl groups excluding tert-OH is 1. The Hall–Kier alpha value is -1.40. The van der Waals surface area contributed by atoms with Crippen LogP contribution >= 0.6 is 0 Å². The molecule has 0 aromatic carbocycles. The zero-order valence-corrected chi connectivity index (χ0v) is 10.4. The Balaban J connectivity index is 2.64. The molecule has 6 heteroatoms. The van der Waals surface area contributed by atoms with Gasteiger partial charge in [-0.1, -0.05) is 13.8 Å². The maximum absolute atomic E-state index is 9.46. The highest BCUT2D eigenvalue weighted by molar-refractivity contribution is 5.56. The van der Waals surface area contributed by atoms with Crippen LogP contribution in [0.3, 0.4) is 0 Å². The highest BCUT2D eigenvalue weighted by Crippen LogP contribution is 2.19. The van der Waals surface area contributed by atoms with Crippen molar-refractivity contribution in [1.29, 1.82) is 0 Å². The van der Waals surface area contributed by atoms with Gasteiger partial charge in [0.15, 0.2) is 0 Å². The summed E-state index contributed by atoms with van der Waals surface area (Å²) in [5.74, 6) is 6.80. The average Bonchev–Trinajstić information content (AvgIpc) is 2.37. The summed E-state index contributed by atoms with van der Waals surface area (Å²) in [5, 5.41) is 12.7. The number of anilines is 2. The Morgan fingerprint density at radius 2 is 2.06 bits per heavy atom. The molecule has 96 valence electrons. The third-order valence-electron chi connectivity index (χ3n) is 2.68. The molecular weight excluding hydrogens is 218 g/mol. The van der Waals surface area contributed by atoms with E-state index in [4.69, 9.17) is 5.84 Å². The summed E-state index contributed by atoms with van der Waals surface area (Å²) in [5.41, 5.74) is 3.52. The lowest BCUT2D eigenvalue weighted by Gasteiger charge is -2.13. The van der Waals surface area contributed by atoms with Crippen LogP contribution in [0.25, 0.3) is 0 Å². The Kier molecular flexibility index (Phi) is 5.65. The molecule has 1 atom stereocenters. The number of nitrogens with two attached hydrogens (primary N) is 1. The number of aliphatic hydroxyl groups is 1. The molecule has 0 fully saturated rings. The molecule has 0 saturated heterocycles. The van der Waals surface area contributed by atoms with Crippen LogP contribution in [-0.2, 0) is 6.42 Å². The summed E-state index contributed by atoms with van der Waals surface area (Å²) in [6, 6.07) is 0. The van der Waals surface area contributed by atoms with Gasteiger partial charge in [0.1, 0.15) is 18.0 Å². The highest BCUT2D eigenvalue weighted by Gasteiger charge is 2.08. The van der Waals surface area contributed by atoms with E-state index in [9.17, 15) is 5.11 Å². The van der Waals surface area contributed by atoms with Gasteiger partial charge in [0.25, 0.3) is 0 Å². The van der Waals surface area contributed by atoms with Gasteiger partial charge in [0.05, 0.1) is 6.10 Å². The van der Waals surface area contributed by atoms with Crippen LogP contribution < -0.4 is 16.6 Å². The van der Waals surface area contributed by atoms with Crippen molar-refractivity contribution in [3.8, 4) is 0 Å². The Morgan fingerprint density at radius 3 is 2.65 bits per heavy atom. The third kappa shape index (κ3) is 3.83. The van der Waals surface area contributed by atoms with Crippen molar-refractivity contribution in [2.75, 3.05) is 17.3 Å². The first-order chi connectivity index (χ1) is 8.22. The number of hydrogen-bond acceptors (Lipinski definition) is 6. The van der Waals surface area contributed by atoms with E-state index in [1.165, 1.54) is 6.33 Å². The van der Waals surface area contributed by atoms with E-state index in [0.29, 0.717) is 18.8 Å². The summed E-state index contributed by atoms with van der Waals surface area (Å²) in [4.78, 5) is 8.23. The van der Waals surface area contributed by atoms with Crippen LogP contribution in [0.4, 0.5) is 11.6 Å². The van der Waals surface area contributed by atoms with Gasteiger partial charge < -0.3 is 15.8 Å². The molecule has 0 amide bonds. The van der Waals surface area contributed by atoms with Crippen molar-refractivity contribution >= 4 is 11.6 Å². The SMILES string of the molecule is CCc1c(NN)ncnc1NCCC(O)CC. The molecule has 0 aliphatic rings. The van der Waals surface area contributed by atoms with Gasteiger partial charge in [0.2, 0.25) is 0 Å². The smallest absolute Gasteiger partial charge is 0.148 e. The van der Waals surface area contributed by atoms with Gasteiger partial charge in [-0.3, -0.25) is 0 Å². The molecule has 1 aromatic rings. The first-order valence-electron chi connectivity index (χ1n) is 5.95. The quantitative estimate of drug-likeness (QED) is 0.417. The maximum Gasteiger partial charge on any atom is 0.148 e. The molecule has 0 aliphatic heterocycles. The van der Waals surface area contributed by atoms with Gasteiger partial charge >= 0.3 is 0 Å². The fourth-order valence-corrected chi connectivity index (χ4v) is 1.59. The molecule has 0 radical (unpaired) electrons. The lowest BCUT2D eigenvalue weighted by Crippen LogP contribution is -2.16. The monoisotopic (exact) mass is 239 g/mol. The first kappa shape index (κ1) is 13.7. The number of hydrazine groups is 1. The van der Waals surface area contributed by atoms with E-state index in [1.807, 2.05) is 13.8 Å². The minimum atomic E-state index is -0.262. The summed E-state index contributed by atoms with van der Waals surface area (Å²) in [6.07, 6.45) is 3.46. The van der Waals surface area contributed by atoms with Gasteiger partial charge in [-0.15, -0.1) is 0 Å². The molecule has 17 heavy (non-hydrogen) atoms. The number of nitrogens with zero attached hydrogens (tertiary/aromatic N) is 2. The van der Waals surface area contributed by atoms with E-state index in [-0.39, 0.29) is 6.10 Å². The molecule has 6 nitrogen and oxygen atoms in total. The van der Waals surface area contributed by atoms with Crippen molar-refractivity contribution in [2.45, 2.75) is 39.2 Å². The second kappa shape index (κ2) is 7.03. The van der Waals surface area contributed by atoms with E-state index in [1.54, 1.807) is 0 Å². The fraction of sp³-hybridized carbons (Fsp3) is 0.636. The van der Waals surface area contributed by atoms with Crippen LogP contribution in [0.2, 0.25) is 0 Å². The van der Waals surface area contributed by atoms with Crippen molar-refractivity contribution in [3.05, 3.63) is 11.9 Å². The number of nitrogens with one attached hydrogen (secondary N) is 2. The first-order valence-corrected chi connectivity index (χ1v) is 5.95. The molecule has 1 heterocycles. The molecule has 1 aromatic heterocycles. The Morgan fingerprint density at radius 1 is 1.35 bits per heavy atom. The normalized spacial score (nSPS) is 12.2. The van der Waals surface area contributed by atoms with Crippen LogP contribution in [0.1, 0.15) is 32.3 Å². The molecule has 0 aliphatic carbocycles. The Labute approximate surface area is 102 Å². The number of hydrogen-bond donors (Lipinski definition) is 4. The largest absolute Gasteiger partial charge is 0.393 e. The lowest BCUT2D eigenvalue weighted by atomic mass is 10.2. The van der Waals surface area contributed by atoms with Crippen molar-refractivity contribution < 1.29 is 5.11 Å². The lowest BCUT2D eigenvalue weighted by molar-refractivity contribution is 0.164. The van der Waals surface area contributed by atoms with Crippen molar-refractivity contribution in [3.63, 3.8) is 0 Å². The second-order valence-corrected chi connectivity index (χ2v) is 3.82. The summed E-state index contributed by atoms with van der Waals surface area (Å²) >= 11 is 0. The van der Waals surface area contributed by atoms with Crippen LogP contribution in [-0.4, -0.2) is 27.7 Å². The molecule has 0 saturated carbocycles. The zero-order valence-electron chi connectivity index (χ0n) is 10.4.